The van der Waals surface area contributed by atoms with Gasteiger partial charge < -0.3 is 10.2 Å². The van der Waals surface area contributed by atoms with E-state index in [1.807, 2.05) is 0 Å². The van der Waals surface area contributed by atoms with Crippen molar-refractivity contribution in [3.8, 4) is 16.9 Å². The highest BCUT2D eigenvalue weighted by atomic mass is 35.5. The van der Waals surface area contributed by atoms with Gasteiger partial charge in [0.15, 0.2) is 0 Å². The molecule has 1 atom stereocenters. The zero-order valence-electron chi connectivity index (χ0n) is 15.4. The maximum atomic E-state index is 12.7. The molecule has 0 aliphatic heterocycles. The summed E-state index contributed by atoms with van der Waals surface area (Å²) in [7, 11) is -4.08. The zero-order valence-corrected chi connectivity index (χ0v) is 17.7. The second-order valence-electron chi connectivity index (χ2n) is 6.53. The highest BCUT2D eigenvalue weighted by molar-refractivity contribution is 7.89. The molecule has 0 aromatic heterocycles. The summed E-state index contributed by atoms with van der Waals surface area (Å²) in [6, 6.07) is 15.4. The molecule has 3 aromatic carbocycles. The summed E-state index contributed by atoms with van der Waals surface area (Å²) in [4.78, 5) is 11.5. The number of rotatable bonds is 7. The van der Waals surface area contributed by atoms with Crippen molar-refractivity contribution in [2.75, 3.05) is 0 Å². The molecule has 0 radical (unpaired) electrons. The van der Waals surface area contributed by atoms with Crippen LogP contribution >= 0.6 is 23.2 Å². The highest BCUT2D eigenvalue weighted by Gasteiger charge is 2.25. The topological polar surface area (TPSA) is 104 Å². The molecule has 156 valence electrons. The molecule has 3 aromatic rings. The van der Waals surface area contributed by atoms with Gasteiger partial charge in [-0.15, -0.1) is 0 Å². The van der Waals surface area contributed by atoms with Crippen LogP contribution in [0.3, 0.4) is 0 Å². The number of hydrogen-bond acceptors (Lipinski definition) is 4. The number of carboxylic acids is 1. The maximum Gasteiger partial charge on any atom is 0.322 e. The van der Waals surface area contributed by atoms with Gasteiger partial charge in [-0.2, -0.15) is 4.72 Å². The summed E-state index contributed by atoms with van der Waals surface area (Å²) in [5, 5.41) is 19.7. The Kier molecular flexibility index (Phi) is 6.67. The predicted octanol–water partition coefficient (Wildman–Crippen LogP) is 4.34. The third-order valence-corrected chi connectivity index (χ3v) is 6.41. The summed E-state index contributed by atoms with van der Waals surface area (Å²) >= 11 is 12.1. The molecular weight excluding hydrogens is 449 g/mol. The van der Waals surface area contributed by atoms with E-state index in [9.17, 15) is 23.4 Å². The molecule has 0 fully saturated rings. The van der Waals surface area contributed by atoms with E-state index >= 15 is 0 Å². The van der Waals surface area contributed by atoms with Crippen molar-refractivity contribution in [1.29, 1.82) is 0 Å². The Bertz CT molecular complexity index is 1160. The van der Waals surface area contributed by atoms with Crippen molar-refractivity contribution in [3.63, 3.8) is 0 Å². The molecule has 6 nitrogen and oxygen atoms in total. The number of benzene rings is 3. The Hall–Kier alpha value is -2.58. The molecule has 9 heteroatoms. The largest absolute Gasteiger partial charge is 0.508 e. The van der Waals surface area contributed by atoms with Gasteiger partial charge >= 0.3 is 5.97 Å². The van der Waals surface area contributed by atoms with Gasteiger partial charge in [0.05, 0.1) is 4.90 Å². The van der Waals surface area contributed by atoms with Crippen molar-refractivity contribution in [3.05, 3.63) is 82.3 Å². The maximum absolute atomic E-state index is 12.7. The molecule has 0 saturated carbocycles. The van der Waals surface area contributed by atoms with Crippen molar-refractivity contribution in [1.82, 2.24) is 4.72 Å². The first kappa shape index (κ1) is 22.1. The first-order valence-corrected chi connectivity index (χ1v) is 11.0. The third-order valence-electron chi connectivity index (χ3n) is 4.38. The smallest absolute Gasteiger partial charge is 0.322 e. The molecule has 0 heterocycles. The van der Waals surface area contributed by atoms with E-state index in [0.29, 0.717) is 26.7 Å². The quantitative estimate of drug-likeness (QED) is 0.481. The fraction of sp³-hybridized carbons (Fsp3) is 0.0952. The van der Waals surface area contributed by atoms with E-state index in [1.165, 1.54) is 36.4 Å². The zero-order chi connectivity index (χ0) is 21.9. The van der Waals surface area contributed by atoms with E-state index in [-0.39, 0.29) is 17.1 Å². The van der Waals surface area contributed by atoms with Gasteiger partial charge in [0.25, 0.3) is 0 Å². The minimum absolute atomic E-state index is 0.0343. The number of sulfonamides is 1. The minimum atomic E-state index is -4.08. The Labute approximate surface area is 183 Å². The first-order valence-electron chi connectivity index (χ1n) is 8.74. The normalized spacial score (nSPS) is 12.5. The number of aromatic hydroxyl groups is 1. The van der Waals surface area contributed by atoms with Gasteiger partial charge in [-0.1, -0.05) is 53.5 Å². The van der Waals surface area contributed by atoms with Gasteiger partial charge in [0.2, 0.25) is 10.0 Å². The lowest BCUT2D eigenvalue weighted by atomic mass is 10.1. The number of nitrogens with one attached hydrogen (secondary N) is 1. The fourth-order valence-electron chi connectivity index (χ4n) is 2.84. The second-order valence-corrected chi connectivity index (χ2v) is 9.09. The Morgan fingerprint density at radius 3 is 2.17 bits per heavy atom. The van der Waals surface area contributed by atoms with Gasteiger partial charge in [0, 0.05) is 15.6 Å². The summed E-state index contributed by atoms with van der Waals surface area (Å²) < 4.78 is 27.6. The summed E-state index contributed by atoms with van der Waals surface area (Å²) in [5.74, 6) is -1.27. The van der Waals surface area contributed by atoms with Crippen LogP contribution in [0.15, 0.2) is 71.6 Å². The monoisotopic (exact) mass is 465 g/mol. The van der Waals surface area contributed by atoms with Crippen molar-refractivity contribution < 1.29 is 23.4 Å². The van der Waals surface area contributed by atoms with E-state index < -0.39 is 22.0 Å². The van der Waals surface area contributed by atoms with Crippen LogP contribution in [0.2, 0.25) is 10.0 Å². The van der Waals surface area contributed by atoms with Crippen LogP contribution in [0.5, 0.6) is 5.75 Å². The Morgan fingerprint density at radius 1 is 0.967 bits per heavy atom. The molecule has 3 N–H and O–H groups in total. The Balaban J connectivity index is 1.81. The Morgan fingerprint density at radius 2 is 1.60 bits per heavy atom. The van der Waals surface area contributed by atoms with Crippen LogP contribution < -0.4 is 4.72 Å². The second kappa shape index (κ2) is 9.06. The SMILES string of the molecule is O=C(O)[C@H](Cc1ccc(O)cc1)NS(=O)(=O)c1ccc(-c2ccc(Cl)cc2Cl)cc1. The van der Waals surface area contributed by atoms with Crippen LogP contribution in [0.1, 0.15) is 5.56 Å². The van der Waals surface area contributed by atoms with E-state index in [0.717, 1.165) is 0 Å². The van der Waals surface area contributed by atoms with Crippen LogP contribution in [0.4, 0.5) is 0 Å². The summed E-state index contributed by atoms with van der Waals surface area (Å²) in [6.45, 7) is 0. The van der Waals surface area contributed by atoms with Gasteiger partial charge in [-0.3, -0.25) is 4.79 Å². The summed E-state index contributed by atoms with van der Waals surface area (Å²) in [6.07, 6.45) is -0.0761. The molecule has 0 aliphatic carbocycles. The standard InChI is InChI=1S/C21H17Cl2NO5S/c22-15-5-10-18(19(23)12-15)14-3-8-17(9-4-14)30(28,29)24-20(21(26)27)11-13-1-6-16(25)7-2-13/h1-10,12,20,24-25H,11H2,(H,26,27)/t20-/m0/s1. The molecule has 0 unspecified atom stereocenters. The number of carbonyl (C=O) groups is 1. The third kappa shape index (κ3) is 5.31. The average Bonchev–Trinajstić information content (AvgIpc) is 2.69. The van der Waals surface area contributed by atoms with E-state index in [4.69, 9.17) is 23.2 Å². The lowest BCUT2D eigenvalue weighted by molar-refractivity contribution is -0.138. The fourth-order valence-corrected chi connectivity index (χ4v) is 4.55. The number of aliphatic carboxylic acids is 1. The van der Waals surface area contributed by atoms with Crippen LogP contribution in [-0.2, 0) is 21.2 Å². The van der Waals surface area contributed by atoms with Gasteiger partial charge in [-0.05, 0) is 53.9 Å². The molecule has 0 spiro atoms. The molecule has 3 rings (SSSR count). The van der Waals surface area contributed by atoms with Crippen LogP contribution in [-0.4, -0.2) is 30.6 Å². The number of hydrogen-bond donors (Lipinski definition) is 3. The van der Waals surface area contributed by atoms with Crippen molar-refractivity contribution in [2.24, 2.45) is 0 Å². The van der Waals surface area contributed by atoms with Crippen LogP contribution in [0, 0.1) is 0 Å². The number of halogens is 2. The minimum Gasteiger partial charge on any atom is -0.508 e. The molecule has 0 aliphatic rings. The summed E-state index contributed by atoms with van der Waals surface area (Å²) in [5.41, 5.74) is 1.94. The first-order chi connectivity index (χ1) is 14.2. The number of phenols is 1. The van der Waals surface area contributed by atoms with Crippen LogP contribution in [0.25, 0.3) is 11.1 Å². The lowest BCUT2D eigenvalue weighted by Gasteiger charge is -2.15. The van der Waals surface area contributed by atoms with E-state index in [1.54, 1.807) is 30.3 Å². The van der Waals surface area contributed by atoms with Gasteiger partial charge in [-0.25, -0.2) is 8.42 Å². The van der Waals surface area contributed by atoms with Gasteiger partial charge in [0.1, 0.15) is 11.8 Å². The molecule has 0 saturated heterocycles. The lowest BCUT2D eigenvalue weighted by Crippen LogP contribution is -2.42. The average molecular weight is 466 g/mol. The van der Waals surface area contributed by atoms with Crippen molar-refractivity contribution in [2.45, 2.75) is 17.4 Å². The molecule has 30 heavy (non-hydrogen) atoms. The number of carboxylic acid groups (broad SMARTS) is 1. The highest BCUT2D eigenvalue weighted by Crippen LogP contribution is 2.30. The predicted molar refractivity (Wildman–Crippen MR) is 115 cm³/mol. The number of phenolic OH excluding ortho intramolecular Hbond substituents is 1. The molecule has 0 amide bonds. The van der Waals surface area contributed by atoms with Crippen molar-refractivity contribution >= 4 is 39.2 Å². The molecular formula is C21H17Cl2NO5S. The van der Waals surface area contributed by atoms with E-state index in [2.05, 4.69) is 4.72 Å². The molecule has 0 bridgehead atoms.